The Balaban J connectivity index is 1.46. The number of aromatic nitrogens is 3. The van der Waals surface area contributed by atoms with E-state index in [1.54, 1.807) is 4.52 Å². The van der Waals surface area contributed by atoms with Gasteiger partial charge in [-0.2, -0.15) is 0 Å². The quantitative estimate of drug-likeness (QED) is 0.760. The van der Waals surface area contributed by atoms with Gasteiger partial charge < -0.3 is 5.32 Å². The number of benzene rings is 1. The first-order valence-electron chi connectivity index (χ1n) is 8.45. The van der Waals surface area contributed by atoms with Crippen molar-refractivity contribution in [1.82, 2.24) is 19.9 Å². The number of carbonyl (C=O) groups excluding carboxylic acids is 1. The minimum atomic E-state index is -0.194. The van der Waals surface area contributed by atoms with Crippen LogP contribution in [-0.4, -0.2) is 27.0 Å². The number of rotatable bonds is 4. The lowest BCUT2D eigenvalue weighted by molar-refractivity contribution is -0.120. The van der Waals surface area contributed by atoms with Crippen LogP contribution in [0.4, 0.5) is 0 Å². The minimum absolute atomic E-state index is 0.0220. The molecule has 3 aromatic rings. The number of aryl methyl sites for hydroxylation is 2. The maximum Gasteiger partial charge on any atom is 0.266 e. The molecule has 1 aliphatic carbocycles. The molecule has 6 nitrogen and oxygen atoms in total. The molecule has 6 heteroatoms. The van der Waals surface area contributed by atoms with Crippen molar-refractivity contribution in [3.8, 4) is 0 Å². The fraction of sp³-hybridized carbons (Fsp3) is 0.316. The highest BCUT2D eigenvalue weighted by atomic mass is 16.1. The van der Waals surface area contributed by atoms with E-state index in [0.717, 1.165) is 23.4 Å². The average Bonchev–Trinajstić information content (AvgIpc) is 2.93. The SMILES string of the molecule is Cc1nc2cc(=O)[nH]n2c(C)c1CC(=O)NC[C@H]1Cc2ccccc21. The topological polar surface area (TPSA) is 79.3 Å². The van der Waals surface area contributed by atoms with E-state index in [-0.39, 0.29) is 17.9 Å². The predicted molar refractivity (Wildman–Crippen MR) is 94.9 cm³/mol. The first kappa shape index (κ1) is 15.6. The van der Waals surface area contributed by atoms with Crippen LogP contribution in [0.15, 0.2) is 35.1 Å². The molecule has 0 saturated heterocycles. The standard InChI is InChI=1S/C19H20N4O2/c1-11-16(12(2)23-17(21-11)9-19(25)22-23)8-18(24)20-10-14-7-13-5-3-4-6-15(13)14/h3-6,9,14H,7-8,10H2,1-2H3,(H,20,24)(H,22,25)/t14-/m1/s1. The lowest BCUT2D eigenvalue weighted by Gasteiger charge is -2.30. The third kappa shape index (κ3) is 2.73. The van der Waals surface area contributed by atoms with Gasteiger partial charge in [0.2, 0.25) is 5.91 Å². The lowest BCUT2D eigenvalue weighted by Crippen LogP contribution is -2.34. The molecule has 25 heavy (non-hydrogen) atoms. The number of fused-ring (bicyclic) bond motifs is 2. The summed E-state index contributed by atoms with van der Waals surface area (Å²) in [6.07, 6.45) is 1.28. The van der Waals surface area contributed by atoms with E-state index in [1.807, 2.05) is 26.0 Å². The largest absolute Gasteiger partial charge is 0.355 e. The molecule has 0 bridgehead atoms. The van der Waals surface area contributed by atoms with Crippen molar-refractivity contribution in [2.24, 2.45) is 0 Å². The summed E-state index contributed by atoms with van der Waals surface area (Å²) in [4.78, 5) is 28.3. The first-order chi connectivity index (χ1) is 12.0. The molecule has 1 amide bonds. The van der Waals surface area contributed by atoms with Gasteiger partial charge in [-0.3, -0.25) is 14.7 Å². The van der Waals surface area contributed by atoms with Gasteiger partial charge in [0.15, 0.2) is 5.65 Å². The fourth-order valence-electron chi connectivity index (χ4n) is 3.62. The smallest absolute Gasteiger partial charge is 0.266 e. The molecule has 0 fully saturated rings. The van der Waals surface area contributed by atoms with Gasteiger partial charge in [0.25, 0.3) is 5.56 Å². The number of hydrogen-bond donors (Lipinski definition) is 2. The Hall–Kier alpha value is -2.89. The van der Waals surface area contributed by atoms with Gasteiger partial charge in [-0.25, -0.2) is 9.50 Å². The lowest BCUT2D eigenvalue weighted by atomic mass is 9.77. The van der Waals surface area contributed by atoms with E-state index >= 15 is 0 Å². The molecule has 0 aliphatic heterocycles. The molecule has 2 aromatic heterocycles. The second-order valence-electron chi connectivity index (χ2n) is 6.66. The van der Waals surface area contributed by atoms with Crippen molar-refractivity contribution in [2.45, 2.75) is 32.6 Å². The van der Waals surface area contributed by atoms with Gasteiger partial charge in [-0.1, -0.05) is 24.3 Å². The van der Waals surface area contributed by atoms with E-state index in [9.17, 15) is 9.59 Å². The molecule has 0 radical (unpaired) electrons. The Morgan fingerprint density at radius 1 is 1.36 bits per heavy atom. The first-order valence-corrected chi connectivity index (χ1v) is 8.45. The molecule has 0 spiro atoms. The number of nitrogens with one attached hydrogen (secondary N) is 2. The molecule has 0 unspecified atom stereocenters. The van der Waals surface area contributed by atoms with Crippen molar-refractivity contribution < 1.29 is 4.79 Å². The maximum absolute atomic E-state index is 12.4. The summed E-state index contributed by atoms with van der Waals surface area (Å²) in [5.41, 5.74) is 5.57. The highest BCUT2D eigenvalue weighted by Gasteiger charge is 2.25. The summed E-state index contributed by atoms with van der Waals surface area (Å²) < 4.78 is 1.64. The van der Waals surface area contributed by atoms with Crippen molar-refractivity contribution >= 4 is 11.6 Å². The van der Waals surface area contributed by atoms with Gasteiger partial charge in [-0.05, 0) is 31.4 Å². The second kappa shape index (κ2) is 5.88. The summed E-state index contributed by atoms with van der Waals surface area (Å²) in [6.45, 7) is 4.42. The zero-order valence-electron chi connectivity index (χ0n) is 14.3. The molecule has 4 rings (SSSR count). The summed E-state index contributed by atoms with van der Waals surface area (Å²) in [6, 6.07) is 9.81. The molecule has 2 heterocycles. The van der Waals surface area contributed by atoms with Crippen LogP contribution in [0.25, 0.3) is 5.65 Å². The van der Waals surface area contributed by atoms with Crippen LogP contribution in [0.5, 0.6) is 0 Å². The third-order valence-corrected chi connectivity index (χ3v) is 5.05. The van der Waals surface area contributed by atoms with Crippen LogP contribution in [0.3, 0.4) is 0 Å². The number of nitrogens with zero attached hydrogens (tertiary/aromatic N) is 2. The Labute approximate surface area is 144 Å². The van der Waals surface area contributed by atoms with Crippen molar-refractivity contribution in [2.75, 3.05) is 6.54 Å². The molecule has 1 aliphatic rings. The van der Waals surface area contributed by atoms with Gasteiger partial charge in [0, 0.05) is 35.5 Å². The average molecular weight is 336 g/mol. The van der Waals surface area contributed by atoms with Crippen LogP contribution >= 0.6 is 0 Å². The molecule has 1 atom stereocenters. The third-order valence-electron chi connectivity index (χ3n) is 5.05. The zero-order chi connectivity index (χ0) is 17.6. The monoisotopic (exact) mass is 336 g/mol. The van der Waals surface area contributed by atoms with Crippen LogP contribution in [0.1, 0.15) is 34.0 Å². The van der Waals surface area contributed by atoms with Gasteiger partial charge in [-0.15, -0.1) is 0 Å². The minimum Gasteiger partial charge on any atom is -0.355 e. The summed E-state index contributed by atoms with van der Waals surface area (Å²) in [5, 5.41) is 5.75. The molecule has 128 valence electrons. The van der Waals surface area contributed by atoms with Crippen LogP contribution in [-0.2, 0) is 17.6 Å². The van der Waals surface area contributed by atoms with Crippen molar-refractivity contribution in [1.29, 1.82) is 0 Å². The second-order valence-corrected chi connectivity index (χ2v) is 6.66. The fourth-order valence-corrected chi connectivity index (χ4v) is 3.62. The van der Waals surface area contributed by atoms with E-state index in [4.69, 9.17) is 0 Å². The van der Waals surface area contributed by atoms with Gasteiger partial charge >= 0.3 is 0 Å². The summed E-state index contributed by atoms with van der Waals surface area (Å²) in [7, 11) is 0. The zero-order valence-corrected chi connectivity index (χ0v) is 14.3. The van der Waals surface area contributed by atoms with E-state index in [1.165, 1.54) is 17.2 Å². The summed E-state index contributed by atoms with van der Waals surface area (Å²) >= 11 is 0. The maximum atomic E-state index is 12.4. The van der Waals surface area contributed by atoms with Crippen LogP contribution in [0, 0.1) is 13.8 Å². The van der Waals surface area contributed by atoms with Crippen molar-refractivity contribution in [3.63, 3.8) is 0 Å². The summed E-state index contributed by atoms with van der Waals surface area (Å²) in [5.74, 6) is 0.384. The Morgan fingerprint density at radius 2 is 2.16 bits per heavy atom. The van der Waals surface area contributed by atoms with E-state index in [2.05, 4.69) is 27.5 Å². The number of amides is 1. The molecular weight excluding hydrogens is 316 g/mol. The van der Waals surface area contributed by atoms with Crippen LogP contribution in [0.2, 0.25) is 0 Å². The van der Waals surface area contributed by atoms with E-state index < -0.39 is 0 Å². The van der Waals surface area contributed by atoms with E-state index in [0.29, 0.717) is 18.1 Å². The number of H-pyrrole nitrogens is 1. The number of carbonyl (C=O) groups is 1. The Kier molecular flexibility index (Phi) is 3.67. The highest BCUT2D eigenvalue weighted by molar-refractivity contribution is 5.79. The number of aromatic amines is 1. The molecule has 0 saturated carbocycles. The van der Waals surface area contributed by atoms with Gasteiger partial charge in [0.1, 0.15) is 0 Å². The van der Waals surface area contributed by atoms with Crippen LogP contribution < -0.4 is 10.9 Å². The molecule has 2 N–H and O–H groups in total. The number of hydrogen-bond acceptors (Lipinski definition) is 3. The molecular formula is C19H20N4O2. The molecule has 1 aromatic carbocycles. The van der Waals surface area contributed by atoms with Crippen molar-refractivity contribution in [3.05, 3.63) is 68.8 Å². The van der Waals surface area contributed by atoms with Gasteiger partial charge in [0.05, 0.1) is 6.42 Å². The highest BCUT2D eigenvalue weighted by Crippen LogP contribution is 2.33. The Bertz CT molecular complexity index is 1030. The Morgan fingerprint density at radius 3 is 2.96 bits per heavy atom. The predicted octanol–water partition coefficient (Wildman–Crippen LogP) is 1.64. The normalized spacial score (nSPS) is 15.7.